The fraction of sp³-hybridized carbons (Fsp3) is 0.500. The summed E-state index contributed by atoms with van der Waals surface area (Å²) in [5.74, 6) is 0.552. The van der Waals surface area contributed by atoms with Crippen LogP contribution in [0, 0.1) is 5.92 Å². The molecule has 0 aliphatic carbocycles. The van der Waals surface area contributed by atoms with Crippen LogP contribution in [0.15, 0.2) is 35.5 Å². The maximum atomic E-state index is 6.04. The molecule has 0 spiro atoms. The van der Waals surface area contributed by atoms with E-state index in [1.165, 1.54) is 21.7 Å². The van der Waals surface area contributed by atoms with Gasteiger partial charge in [0.15, 0.2) is 0 Å². The normalized spacial score (nSPS) is 21.3. The Morgan fingerprint density at radius 2 is 2.47 bits per heavy atom. The number of hydrogen-bond donors (Lipinski definition) is 1. The van der Waals surface area contributed by atoms with Crippen LogP contribution >= 0.6 is 11.3 Å². The average Bonchev–Trinajstić information content (AvgIpc) is 2.91. The lowest BCUT2D eigenvalue weighted by atomic mass is 9.94. The van der Waals surface area contributed by atoms with Crippen molar-refractivity contribution in [3.63, 3.8) is 0 Å². The fourth-order valence-electron chi connectivity index (χ4n) is 2.44. The number of ether oxygens (including phenoxy) is 1. The van der Waals surface area contributed by atoms with E-state index in [1.807, 2.05) is 0 Å². The lowest BCUT2D eigenvalue weighted by molar-refractivity contribution is 0.0655. The number of hydrogen-bond acceptors (Lipinski definition) is 3. The van der Waals surface area contributed by atoms with Gasteiger partial charge in [-0.15, -0.1) is 11.3 Å². The minimum absolute atomic E-state index is 0.0516. The Hall–Kier alpha value is -1.06. The van der Waals surface area contributed by atoms with Gasteiger partial charge in [0.25, 0.3) is 0 Å². The highest BCUT2D eigenvalue weighted by Gasteiger charge is 2.27. The second-order valence-electron chi connectivity index (χ2n) is 5.07. The Morgan fingerprint density at radius 1 is 1.68 bits per heavy atom. The van der Waals surface area contributed by atoms with Crippen LogP contribution in [0.3, 0.4) is 0 Å². The highest BCUT2D eigenvalue weighted by Crippen LogP contribution is 2.37. The molecule has 2 heterocycles. The summed E-state index contributed by atoms with van der Waals surface area (Å²) in [6.07, 6.45) is 3.97. The van der Waals surface area contributed by atoms with Crippen LogP contribution in [0.2, 0.25) is 0 Å². The molecule has 0 saturated heterocycles. The lowest BCUT2D eigenvalue weighted by Crippen LogP contribution is -2.24. The first-order valence-corrected chi connectivity index (χ1v) is 7.83. The smallest absolute Gasteiger partial charge is 0.132 e. The van der Waals surface area contributed by atoms with Crippen LogP contribution in [0.5, 0.6) is 0 Å². The number of allylic oxidation sites excluding steroid dienone is 1. The molecule has 3 heteroatoms. The van der Waals surface area contributed by atoms with Crippen molar-refractivity contribution in [3.8, 4) is 0 Å². The van der Waals surface area contributed by atoms with E-state index >= 15 is 0 Å². The topological polar surface area (TPSA) is 21.3 Å². The zero-order chi connectivity index (χ0) is 13.8. The monoisotopic (exact) mass is 277 g/mol. The Morgan fingerprint density at radius 3 is 3.16 bits per heavy atom. The molecule has 2 rings (SSSR count). The summed E-state index contributed by atoms with van der Waals surface area (Å²) in [5, 5.41) is 5.49. The molecule has 2 unspecified atom stereocenters. The fourth-order valence-corrected chi connectivity index (χ4v) is 3.45. The van der Waals surface area contributed by atoms with Crippen LogP contribution in [-0.4, -0.2) is 6.61 Å². The number of fused-ring (bicyclic) bond motifs is 1. The van der Waals surface area contributed by atoms with Crippen LogP contribution in [0.1, 0.15) is 43.7 Å². The highest BCUT2D eigenvalue weighted by atomic mass is 32.1. The molecule has 0 aromatic carbocycles. The maximum Gasteiger partial charge on any atom is 0.132 e. The molecular weight excluding hydrogens is 254 g/mol. The Balaban J connectivity index is 2.39. The van der Waals surface area contributed by atoms with Crippen molar-refractivity contribution in [3.05, 3.63) is 45.9 Å². The predicted molar refractivity (Wildman–Crippen MR) is 82.2 cm³/mol. The van der Waals surface area contributed by atoms with Gasteiger partial charge in [0, 0.05) is 10.6 Å². The number of thiophene rings is 1. The molecule has 1 aliphatic rings. The summed E-state index contributed by atoms with van der Waals surface area (Å²) in [6, 6.07) is 2.22. The quantitative estimate of drug-likeness (QED) is 0.860. The molecule has 2 atom stereocenters. The molecule has 1 N–H and O–H groups in total. The van der Waals surface area contributed by atoms with Gasteiger partial charge in [-0.3, -0.25) is 0 Å². The van der Waals surface area contributed by atoms with Crippen LogP contribution in [-0.2, 0) is 11.2 Å². The predicted octanol–water partition coefficient (Wildman–Crippen LogP) is 4.42. The molecule has 1 aromatic rings. The first-order chi connectivity index (χ1) is 9.19. The molecule has 2 nitrogen and oxygen atoms in total. The SMILES string of the molecule is C=CN/C(=C(/C)C(C)CC)C1OCCc2ccsc21. The third kappa shape index (κ3) is 2.93. The minimum atomic E-state index is 0.0516. The van der Waals surface area contributed by atoms with E-state index < -0.39 is 0 Å². The molecule has 104 valence electrons. The summed E-state index contributed by atoms with van der Waals surface area (Å²) in [5.41, 5.74) is 3.97. The van der Waals surface area contributed by atoms with Gasteiger partial charge in [-0.05, 0) is 54.5 Å². The molecular formula is C16H23NOS. The Bertz CT molecular complexity index is 475. The third-order valence-corrected chi connectivity index (χ3v) is 4.97. The zero-order valence-electron chi connectivity index (χ0n) is 12.0. The average molecular weight is 277 g/mol. The van der Waals surface area contributed by atoms with Gasteiger partial charge in [-0.1, -0.05) is 20.4 Å². The number of nitrogens with one attached hydrogen (secondary N) is 1. The number of rotatable bonds is 5. The van der Waals surface area contributed by atoms with E-state index in [1.54, 1.807) is 17.5 Å². The molecule has 19 heavy (non-hydrogen) atoms. The van der Waals surface area contributed by atoms with E-state index in [-0.39, 0.29) is 6.10 Å². The van der Waals surface area contributed by atoms with Crippen molar-refractivity contribution in [2.75, 3.05) is 6.61 Å². The summed E-state index contributed by atoms with van der Waals surface area (Å²) in [4.78, 5) is 1.35. The highest BCUT2D eigenvalue weighted by molar-refractivity contribution is 7.10. The van der Waals surface area contributed by atoms with Gasteiger partial charge in [-0.25, -0.2) is 0 Å². The summed E-state index contributed by atoms with van der Waals surface area (Å²) >= 11 is 1.79. The Kier molecular flexibility index (Phi) is 4.83. The van der Waals surface area contributed by atoms with Crippen LogP contribution < -0.4 is 5.32 Å². The second kappa shape index (κ2) is 6.40. The summed E-state index contributed by atoms with van der Waals surface area (Å²) in [6.45, 7) is 11.3. The molecule has 0 fully saturated rings. The van der Waals surface area contributed by atoms with Crippen molar-refractivity contribution in [2.45, 2.75) is 39.7 Å². The van der Waals surface area contributed by atoms with Crippen LogP contribution in [0.25, 0.3) is 0 Å². The standard InChI is InChI=1S/C16H23NOS/c1-5-11(3)12(4)14(17-6-2)15-16-13(7-9-18-15)8-10-19-16/h6,8,10-11,15,17H,2,5,7,9H2,1,3-4H3/b14-12-. The molecule has 1 aliphatic heterocycles. The van der Waals surface area contributed by atoms with E-state index in [4.69, 9.17) is 4.74 Å². The second-order valence-corrected chi connectivity index (χ2v) is 6.01. The minimum Gasteiger partial charge on any atom is -0.366 e. The van der Waals surface area contributed by atoms with Gasteiger partial charge in [0.05, 0.1) is 6.61 Å². The maximum absolute atomic E-state index is 6.04. The first kappa shape index (κ1) is 14.4. The summed E-state index contributed by atoms with van der Waals surface area (Å²) in [7, 11) is 0. The van der Waals surface area contributed by atoms with E-state index in [2.05, 4.69) is 44.1 Å². The van der Waals surface area contributed by atoms with E-state index in [9.17, 15) is 0 Å². The molecule has 0 saturated carbocycles. The van der Waals surface area contributed by atoms with Crippen molar-refractivity contribution in [2.24, 2.45) is 5.92 Å². The first-order valence-electron chi connectivity index (χ1n) is 6.95. The van der Waals surface area contributed by atoms with Gasteiger partial charge in [0.1, 0.15) is 6.10 Å². The molecule has 0 radical (unpaired) electrons. The largest absolute Gasteiger partial charge is 0.366 e. The van der Waals surface area contributed by atoms with Gasteiger partial charge >= 0.3 is 0 Å². The molecule has 0 bridgehead atoms. The van der Waals surface area contributed by atoms with Crippen LogP contribution in [0.4, 0.5) is 0 Å². The van der Waals surface area contributed by atoms with Gasteiger partial charge in [0.2, 0.25) is 0 Å². The van der Waals surface area contributed by atoms with E-state index in [0.717, 1.165) is 19.4 Å². The lowest BCUT2D eigenvalue weighted by Gasteiger charge is -2.28. The van der Waals surface area contributed by atoms with Crippen molar-refractivity contribution < 1.29 is 4.74 Å². The van der Waals surface area contributed by atoms with E-state index in [0.29, 0.717) is 5.92 Å². The van der Waals surface area contributed by atoms with Gasteiger partial charge < -0.3 is 10.1 Å². The zero-order valence-corrected chi connectivity index (χ0v) is 12.8. The molecule has 0 amide bonds. The van der Waals surface area contributed by atoms with Crippen molar-refractivity contribution >= 4 is 11.3 Å². The van der Waals surface area contributed by atoms with Crippen molar-refractivity contribution in [1.82, 2.24) is 5.32 Å². The summed E-state index contributed by atoms with van der Waals surface area (Å²) < 4.78 is 6.04. The van der Waals surface area contributed by atoms with Crippen molar-refractivity contribution in [1.29, 1.82) is 0 Å². The van der Waals surface area contributed by atoms with Gasteiger partial charge in [-0.2, -0.15) is 0 Å². The third-order valence-electron chi connectivity index (χ3n) is 3.97. The molecule has 1 aromatic heterocycles. The Labute approximate surface area is 120 Å².